The number of pyridine rings is 1. The fraction of sp³-hybridized carbons (Fsp3) is 0.706. The van der Waals surface area contributed by atoms with Gasteiger partial charge in [0.1, 0.15) is 0 Å². The number of alkyl halides is 3. The Kier molecular flexibility index (Phi) is 6.86. The van der Waals surface area contributed by atoms with Crippen LogP contribution in [0.15, 0.2) is 18.3 Å². The van der Waals surface area contributed by atoms with Gasteiger partial charge in [-0.1, -0.05) is 0 Å². The molecule has 0 aliphatic carbocycles. The Labute approximate surface area is 141 Å². The maximum atomic E-state index is 12.7. The molecule has 2 saturated heterocycles. The zero-order valence-electron chi connectivity index (χ0n) is 14.1. The molecule has 0 amide bonds. The average molecular weight is 345 g/mol. The standard InChI is InChI=1S/C11H13F3N2.C6H13NO/c12-11(13,14)10-9(5-4-6-15-10)16-7-2-1-3-8-16;1-7-4-2-6(8)3-5-7/h4-6H,1-3,7-8H2;6,8H,2-5H2,1H3. The highest BCUT2D eigenvalue weighted by molar-refractivity contribution is 5.51. The van der Waals surface area contributed by atoms with Crippen LogP contribution in [-0.4, -0.2) is 54.3 Å². The number of aromatic nitrogens is 1. The van der Waals surface area contributed by atoms with Crippen molar-refractivity contribution in [2.75, 3.05) is 38.1 Å². The molecule has 0 bridgehead atoms. The molecule has 0 saturated carbocycles. The highest BCUT2D eigenvalue weighted by Gasteiger charge is 2.36. The summed E-state index contributed by atoms with van der Waals surface area (Å²) < 4.78 is 38.1. The number of aliphatic hydroxyl groups excluding tert-OH is 1. The van der Waals surface area contributed by atoms with Crippen LogP contribution in [0.5, 0.6) is 0 Å². The summed E-state index contributed by atoms with van der Waals surface area (Å²) in [6.07, 6.45) is 1.71. The lowest BCUT2D eigenvalue weighted by Gasteiger charge is -2.30. The zero-order chi connectivity index (χ0) is 17.6. The maximum absolute atomic E-state index is 12.7. The molecule has 2 fully saturated rings. The second-order valence-corrected chi connectivity index (χ2v) is 6.45. The number of aliphatic hydroxyl groups is 1. The van der Waals surface area contributed by atoms with Gasteiger partial charge in [-0.3, -0.25) is 0 Å². The van der Waals surface area contributed by atoms with Crippen molar-refractivity contribution in [2.24, 2.45) is 0 Å². The van der Waals surface area contributed by atoms with Crippen LogP contribution in [0.3, 0.4) is 0 Å². The van der Waals surface area contributed by atoms with Crippen LogP contribution in [0.25, 0.3) is 0 Å². The van der Waals surface area contributed by atoms with Gasteiger partial charge in [0.2, 0.25) is 0 Å². The molecule has 1 N–H and O–H groups in total. The molecule has 2 aliphatic heterocycles. The van der Waals surface area contributed by atoms with Crippen LogP contribution in [0.2, 0.25) is 0 Å². The number of piperidine rings is 2. The van der Waals surface area contributed by atoms with E-state index in [1.807, 2.05) is 0 Å². The van der Waals surface area contributed by atoms with Gasteiger partial charge < -0.3 is 14.9 Å². The zero-order valence-corrected chi connectivity index (χ0v) is 14.1. The molecule has 0 atom stereocenters. The molecule has 1 aromatic heterocycles. The van der Waals surface area contributed by atoms with Crippen molar-refractivity contribution in [2.45, 2.75) is 44.4 Å². The second kappa shape index (κ2) is 8.67. The summed E-state index contributed by atoms with van der Waals surface area (Å²) in [6.45, 7) is 3.49. The van der Waals surface area contributed by atoms with Crippen molar-refractivity contribution in [1.29, 1.82) is 0 Å². The minimum Gasteiger partial charge on any atom is -0.393 e. The number of anilines is 1. The number of hydrogen-bond acceptors (Lipinski definition) is 4. The third kappa shape index (κ3) is 5.63. The van der Waals surface area contributed by atoms with E-state index in [1.54, 1.807) is 11.0 Å². The maximum Gasteiger partial charge on any atom is 0.435 e. The number of rotatable bonds is 1. The Hall–Kier alpha value is -1.34. The molecule has 0 radical (unpaired) electrons. The minimum atomic E-state index is -4.37. The van der Waals surface area contributed by atoms with Gasteiger partial charge in [-0.05, 0) is 51.3 Å². The highest BCUT2D eigenvalue weighted by atomic mass is 19.4. The third-order valence-electron chi connectivity index (χ3n) is 4.44. The van der Waals surface area contributed by atoms with Crippen molar-refractivity contribution in [3.63, 3.8) is 0 Å². The Bertz CT molecular complexity index is 486. The van der Waals surface area contributed by atoms with Crippen LogP contribution < -0.4 is 4.90 Å². The number of likely N-dealkylation sites (tertiary alicyclic amines) is 1. The molecule has 24 heavy (non-hydrogen) atoms. The monoisotopic (exact) mass is 345 g/mol. The Morgan fingerprint density at radius 3 is 2.25 bits per heavy atom. The van der Waals surface area contributed by atoms with Crippen LogP contribution >= 0.6 is 0 Å². The summed E-state index contributed by atoms with van der Waals surface area (Å²) >= 11 is 0. The van der Waals surface area contributed by atoms with E-state index >= 15 is 0 Å². The van der Waals surface area contributed by atoms with E-state index < -0.39 is 11.9 Å². The van der Waals surface area contributed by atoms with Crippen LogP contribution in [0.1, 0.15) is 37.8 Å². The summed E-state index contributed by atoms with van der Waals surface area (Å²) in [6, 6.07) is 3.06. The van der Waals surface area contributed by atoms with Crippen molar-refractivity contribution < 1.29 is 18.3 Å². The van der Waals surface area contributed by atoms with Crippen LogP contribution in [-0.2, 0) is 6.18 Å². The molecule has 1 aromatic rings. The first-order valence-corrected chi connectivity index (χ1v) is 8.51. The van der Waals surface area contributed by atoms with E-state index in [4.69, 9.17) is 5.11 Å². The van der Waals surface area contributed by atoms with E-state index in [-0.39, 0.29) is 11.8 Å². The summed E-state index contributed by atoms with van der Waals surface area (Å²) in [5.41, 5.74) is -0.549. The lowest BCUT2D eigenvalue weighted by Crippen LogP contribution is -2.32. The topological polar surface area (TPSA) is 39.6 Å². The second-order valence-electron chi connectivity index (χ2n) is 6.45. The van der Waals surface area contributed by atoms with Gasteiger partial charge >= 0.3 is 6.18 Å². The smallest absolute Gasteiger partial charge is 0.393 e. The molecule has 0 spiro atoms. The lowest BCUT2D eigenvalue weighted by atomic mass is 10.1. The number of hydrogen-bond donors (Lipinski definition) is 1. The van der Waals surface area contributed by atoms with Gasteiger partial charge in [0.05, 0.1) is 11.8 Å². The Morgan fingerprint density at radius 2 is 1.71 bits per heavy atom. The number of halogens is 3. The van der Waals surface area contributed by atoms with E-state index in [2.05, 4.69) is 16.9 Å². The predicted octanol–water partition coefficient (Wildman–Crippen LogP) is 3.16. The van der Waals surface area contributed by atoms with Crippen molar-refractivity contribution in [3.05, 3.63) is 24.0 Å². The molecule has 3 rings (SSSR count). The van der Waals surface area contributed by atoms with Gasteiger partial charge in [-0.25, -0.2) is 4.98 Å². The first kappa shape index (κ1) is 19.0. The lowest BCUT2D eigenvalue weighted by molar-refractivity contribution is -0.140. The molecule has 0 unspecified atom stereocenters. The molecule has 2 aliphatic rings. The van der Waals surface area contributed by atoms with Crippen molar-refractivity contribution in [1.82, 2.24) is 9.88 Å². The van der Waals surface area contributed by atoms with Crippen LogP contribution in [0.4, 0.5) is 18.9 Å². The number of nitrogens with zero attached hydrogens (tertiary/aromatic N) is 3. The minimum absolute atomic E-state index is 0.0220. The first-order valence-electron chi connectivity index (χ1n) is 8.51. The first-order chi connectivity index (χ1) is 11.4. The van der Waals surface area contributed by atoms with E-state index in [9.17, 15) is 13.2 Å². The van der Waals surface area contributed by atoms with Gasteiger partial charge in [0.25, 0.3) is 0 Å². The SMILES string of the molecule is CN1CCC(O)CC1.FC(F)(F)c1ncccc1N1CCCCC1. The summed E-state index contributed by atoms with van der Waals surface area (Å²) in [4.78, 5) is 7.48. The van der Waals surface area contributed by atoms with Gasteiger partial charge in [0, 0.05) is 32.4 Å². The quantitative estimate of drug-likeness (QED) is 0.849. The molecular formula is C17H26F3N3O. The van der Waals surface area contributed by atoms with Crippen molar-refractivity contribution in [3.8, 4) is 0 Å². The average Bonchev–Trinajstić information content (AvgIpc) is 2.58. The molecule has 7 heteroatoms. The van der Waals surface area contributed by atoms with Gasteiger partial charge in [-0.2, -0.15) is 13.2 Å². The Morgan fingerprint density at radius 1 is 1.08 bits per heavy atom. The third-order valence-corrected chi connectivity index (χ3v) is 4.44. The van der Waals surface area contributed by atoms with Crippen LogP contribution in [0, 0.1) is 0 Å². The highest BCUT2D eigenvalue weighted by Crippen LogP contribution is 2.35. The van der Waals surface area contributed by atoms with Crippen molar-refractivity contribution >= 4 is 5.69 Å². The molecule has 4 nitrogen and oxygen atoms in total. The van der Waals surface area contributed by atoms with Gasteiger partial charge in [-0.15, -0.1) is 0 Å². The fourth-order valence-corrected chi connectivity index (χ4v) is 3.00. The fourth-order valence-electron chi connectivity index (χ4n) is 3.00. The summed E-state index contributed by atoms with van der Waals surface area (Å²) in [7, 11) is 2.09. The molecule has 0 aromatic carbocycles. The van der Waals surface area contributed by atoms with E-state index in [0.29, 0.717) is 13.1 Å². The summed E-state index contributed by atoms with van der Waals surface area (Å²) in [5, 5.41) is 9.00. The summed E-state index contributed by atoms with van der Waals surface area (Å²) in [5.74, 6) is 0. The largest absolute Gasteiger partial charge is 0.435 e. The van der Waals surface area contributed by atoms with Gasteiger partial charge in [0.15, 0.2) is 5.69 Å². The predicted molar refractivity (Wildman–Crippen MR) is 88.0 cm³/mol. The Balaban J connectivity index is 0.000000219. The van der Waals surface area contributed by atoms with E-state index in [1.165, 1.54) is 12.3 Å². The molecule has 136 valence electrons. The van der Waals surface area contributed by atoms with E-state index in [0.717, 1.165) is 45.2 Å². The normalized spacial score (nSPS) is 20.5. The molecule has 3 heterocycles. The molecular weight excluding hydrogens is 319 g/mol.